The minimum Gasteiger partial charge on any atom is -0.344 e. The van der Waals surface area contributed by atoms with Crippen molar-refractivity contribution < 1.29 is 36.2 Å². The zero-order valence-corrected chi connectivity index (χ0v) is 25.2. The molecule has 3 atom stereocenters. The van der Waals surface area contributed by atoms with Crippen LogP contribution in [0.25, 0.3) is 5.65 Å². The van der Waals surface area contributed by atoms with Gasteiger partial charge in [-0.1, -0.05) is 5.16 Å². The minimum atomic E-state index is -4.63. The van der Waals surface area contributed by atoms with Crippen LogP contribution in [0.4, 0.5) is 22.0 Å². The predicted octanol–water partition coefficient (Wildman–Crippen LogP) is 3.87. The highest BCUT2D eigenvalue weighted by atomic mass is 19.4. The lowest BCUT2D eigenvalue weighted by molar-refractivity contribution is -0.155. The summed E-state index contributed by atoms with van der Waals surface area (Å²) in [6.07, 6.45) is 0.441. The van der Waals surface area contributed by atoms with Crippen molar-refractivity contribution in [2.45, 2.75) is 94.9 Å². The first-order chi connectivity index (χ1) is 22.3. The summed E-state index contributed by atoms with van der Waals surface area (Å²) >= 11 is 0. The topological polar surface area (TPSA) is 158 Å². The van der Waals surface area contributed by atoms with Crippen LogP contribution in [-0.4, -0.2) is 69.6 Å². The van der Waals surface area contributed by atoms with E-state index in [2.05, 4.69) is 45.7 Å². The van der Waals surface area contributed by atoms with Crippen molar-refractivity contribution in [3.8, 4) is 0 Å². The van der Waals surface area contributed by atoms with Gasteiger partial charge in [0.1, 0.15) is 23.9 Å². The summed E-state index contributed by atoms with van der Waals surface area (Å²) in [6.45, 7) is 1.54. The molecule has 0 spiro atoms. The quantitative estimate of drug-likeness (QED) is 0.254. The number of hydrogen-bond acceptors (Lipinski definition) is 9. The minimum absolute atomic E-state index is 0.0462. The van der Waals surface area contributed by atoms with Crippen molar-refractivity contribution >= 4 is 17.5 Å². The fourth-order valence-electron chi connectivity index (χ4n) is 6.79. The summed E-state index contributed by atoms with van der Waals surface area (Å²) in [4.78, 5) is 35.4. The van der Waals surface area contributed by atoms with Crippen molar-refractivity contribution in [3.05, 3.63) is 53.3 Å². The number of halogens is 5. The molecule has 2 saturated carbocycles. The second-order valence-corrected chi connectivity index (χ2v) is 12.9. The Morgan fingerprint density at radius 2 is 1.91 bits per heavy atom. The highest BCUT2D eigenvalue weighted by Gasteiger charge is 2.56. The Morgan fingerprint density at radius 1 is 1.15 bits per heavy atom. The van der Waals surface area contributed by atoms with E-state index in [1.807, 2.05) is 0 Å². The number of hydrogen-bond donors (Lipinski definition) is 2. The molecule has 4 aromatic rings. The van der Waals surface area contributed by atoms with Crippen molar-refractivity contribution in [3.63, 3.8) is 0 Å². The lowest BCUT2D eigenvalue weighted by Crippen LogP contribution is -2.39. The van der Waals surface area contributed by atoms with Crippen LogP contribution in [0, 0.1) is 18.3 Å². The normalized spacial score (nSPS) is 24.0. The van der Waals surface area contributed by atoms with Gasteiger partial charge in [0.15, 0.2) is 11.3 Å². The molecule has 0 unspecified atom stereocenters. The van der Waals surface area contributed by atoms with E-state index in [1.165, 1.54) is 17.0 Å². The van der Waals surface area contributed by atoms with Crippen LogP contribution in [0.3, 0.4) is 0 Å². The number of aryl methyl sites for hydroxylation is 1. The maximum atomic E-state index is 14.0. The molecule has 18 heteroatoms. The van der Waals surface area contributed by atoms with Crippen molar-refractivity contribution in [2.24, 2.45) is 11.3 Å². The van der Waals surface area contributed by atoms with E-state index in [0.717, 1.165) is 12.8 Å². The van der Waals surface area contributed by atoms with E-state index in [4.69, 9.17) is 0 Å². The molecule has 3 fully saturated rings. The van der Waals surface area contributed by atoms with Crippen LogP contribution in [0.1, 0.15) is 90.3 Å². The number of nitrogens with one attached hydrogen (secondary N) is 2. The van der Waals surface area contributed by atoms with E-state index in [0.29, 0.717) is 22.7 Å². The average molecular weight is 663 g/mol. The third-order valence-corrected chi connectivity index (χ3v) is 9.46. The van der Waals surface area contributed by atoms with Gasteiger partial charge in [0.2, 0.25) is 11.8 Å². The summed E-state index contributed by atoms with van der Waals surface area (Å²) in [5.74, 6) is -4.08. The van der Waals surface area contributed by atoms with Gasteiger partial charge in [-0.05, 0) is 68.2 Å². The van der Waals surface area contributed by atoms with Crippen LogP contribution < -0.4 is 10.6 Å². The maximum Gasteiger partial charge on any atom is 0.408 e. The molecule has 2 aliphatic carbocycles. The molecule has 0 bridgehead atoms. The molecule has 13 nitrogen and oxygen atoms in total. The Hall–Kier alpha value is -4.51. The first-order valence-electron chi connectivity index (χ1n) is 15.4. The number of rotatable bonds is 9. The molecule has 250 valence electrons. The Morgan fingerprint density at radius 3 is 2.57 bits per heavy atom. The van der Waals surface area contributed by atoms with E-state index in [1.54, 1.807) is 23.9 Å². The number of carbonyl (C=O) groups excluding carboxylic acids is 2. The molecule has 0 aromatic carbocycles. The monoisotopic (exact) mass is 662 g/mol. The third kappa shape index (κ3) is 6.16. The molecule has 2 N–H and O–H groups in total. The largest absolute Gasteiger partial charge is 0.408 e. The van der Waals surface area contributed by atoms with Gasteiger partial charge in [-0.15, -0.1) is 0 Å². The molecule has 1 aliphatic heterocycles. The van der Waals surface area contributed by atoms with Crippen LogP contribution in [0.2, 0.25) is 0 Å². The number of fused-ring (bicyclic) bond motifs is 1. The predicted molar refractivity (Wildman–Crippen MR) is 150 cm³/mol. The standard InChI is InChI=1S/C29H31F5N10O3/c1-15-23(42-47-41-15)25(45)40-24(17-4-6-28(30,31)7-5-17)19-13-43-21(38-19)8-16(12-36-43)9-27(10-20(29(32,33)34)39-26(27)46)11-22-35-14-37-44(22)18-2-3-18/h8,12-14,17-18,20,24H,2-7,9-11H2,1H3,(H,39,46)(H,40,45)/t20-,24-,27-/m0/s1. The zero-order chi connectivity index (χ0) is 33.1. The van der Waals surface area contributed by atoms with Crippen molar-refractivity contribution in [2.75, 3.05) is 0 Å². The van der Waals surface area contributed by atoms with Crippen LogP contribution in [0.15, 0.2) is 29.4 Å². The number of alkyl halides is 5. The molecule has 0 radical (unpaired) electrons. The van der Waals surface area contributed by atoms with Gasteiger partial charge in [0.25, 0.3) is 5.91 Å². The van der Waals surface area contributed by atoms with E-state index in [9.17, 15) is 31.5 Å². The lowest BCUT2D eigenvalue weighted by atomic mass is 9.76. The number of imidazole rings is 1. The van der Waals surface area contributed by atoms with Gasteiger partial charge in [-0.25, -0.2) is 32.6 Å². The smallest absolute Gasteiger partial charge is 0.344 e. The van der Waals surface area contributed by atoms with Gasteiger partial charge in [-0.2, -0.15) is 23.4 Å². The Balaban J connectivity index is 1.19. The molecule has 4 aromatic heterocycles. The summed E-state index contributed by atoms with van der Waals surface area (Å²) < 4.78 is 77.4. The number of carbonyl (C=O) groups is 2. The van der Waals surface area contributed by atoms with Crippen LogP contribution in [0.5, 0.6) is 0 Å². The molecule has 47 heavy (non-hydrogen) atoms. The number of amides is 2. The van der Waals surface area contributed by atoms with Gasteiger partial charge in [-0.3, -0.25) is 9.59 Å². The van der Waals surface area contributed by atoms with Crippen molar-refractivity contribution in [1.82, 2.24) is 50.3 Å². The van der Waals surface area contributed by atoms with Crippen molar-refractivity contribution in [1.29, 1.82) is 0 Å². The highest BCUT2D eigenvalue weighted by molar-refractivity contribution is 5.93. The fraction of sp³-hybridized carbons (Fsp3) is 0.586. The SMILES string of the molecule is Cc1nonc1C(=O)N[C@H](c1cn2ncc(C[C@@]3(Cc4ncnn4C4CC4)C[C@@H](C(F)(F)F)NC3=O)cc2n1)C1CCC(F)(F)CC1. The number of aromatic nitrogens is 8. The molecule has 1 saturated heterocycles. The first kappa shape index (κ1) is 31.1. The first-order valence-corrected chi connectivity index (χ1v) is 15.4. The van der Waals surface area contributed by atoms with Gasteiger partial charge in [0, 0.05) is 19.3 Å². The van der Waals surface area contributed by atoms with Gasteiger partial charge < -0.3 is 10.6 Å². The summed E-state index contributed by atoms with van der Waals surface area (Å²) in [5, 5.41) is 20.9. The summed E-state index contributed by atoms with van der Waals surface area (Å²) in [6, 6.07) is -1.06. The highest BCUT2D eigenvalue weighted by Crippen LogP contribution is 2.44. The zero-order valence-electron chi connectivity index (χ0n) is 25.2. The summed E-state index contributed by atoms with van der Waals surface area (Å²) in [5.41, 5.74) is -0.148. The second-order valence-electron chi connectivity index (χ2n) is 12.9. The molecular formula is C29H31F5N10O3. The lowest BCUT2D eigenvalue weighted by Gasteiger charge is -2.33. The Labute approximate surface area is 263 Å². The van der Waals surface area contributed by atoms with Gasteiger partial charge >= 0.3 is 6.18 Å². The molecule has 5 heterocycles. The van der Waals surface area contributed by atoms with Gasteiger partial charge in [0.05, 0.1) is 35.6 Å². The third-order valence-electron chi connectivity index (χ3n) is 9.46. The maximum absolute atomic E-state index is 14.0. The van der Waals surface area contributed by atoms with Crippen LogP contribution in [-0.2, 0) is 17.6 Å². The van der Waals surface area contributed by atoms with Crippen LogP contribution >= 0.6 is 0 Å². The number of nitrogens with zero attached hydrogens (tertiary/aromatic N) is 8. The fourth-order valence-corrected chi connectivity index (χ4v) is 6.79. The van der Waals surface area contributed by atoms with E-state index < -0.39 is 47.8 Å². The second kappa shape index (κ2) is 11.3. The van der Waals surface area contributed by atoms with E-state index in [-0.39, 0.29) is 61.9 Å². The van der Waals surface area contributed by atoms with E-state index >= 15 is 0 Å². The average Bonchev–Trinajstić information content (AvgIpc) is 3.30. The Kier molecular flexibility index (Phi) is 7.50. The molecule has 7 rings (SSSR count). The Bertz CT molecular complexity index is 1800. The molecule has 3 aliphatic rings. The summed E-state index contributed by atoms with van der Waals surface area (Å²) in [7, 11) is 0. The molecule has 2 amide bonds. The molecular weight excluding hydrogens is 631 g/mol.